The molecule has 0 spiro atoms. The predicted molar refractivity (Wildman–Crippen MR) is 45.5 cm³/mol. The number of nitrogens with two attached hydrogens (primary N) is 2. The monoisotopic (exact) mass is 156 g/mol. The van der Waals surface area contributed by atoms with E-state index in [4.69, 9.17) is 11.5 Å². The highest BCUT2D eigenvalue weighted by molar-refractivity contribution is 5.90. The number of primary amides is 1. The highest BCUT2D eigenvalue weighted by Crippen LogP contribution is 2.18. The zero-order valence-corrected chi connectivity index (χ0v) is 7.35. The molecule has 0 saturated heterocycles. The quantitative estimate of drug-likeness (QED) is 0.579. The van der Waals surface area contributed by atoms with Gasteiger partial charge in [-0.1, -0.05) is 26.8 Å². The molecular weight excluding hydrogens is 140 g/mol. The van der Waals surface area contributed by atoms with Gasteiger partial charge in [-0.2, -0.15) is 0 Å². The van der Waals surface area contributed by atoms with Gasteiger partial charge in [0.2, 0.25) is 0 Å². The molecule has 0 heterocycles. The summed E-state index contributed by atoms with van der Waals surface area (Å²) in [6, 6.07) is 0. The van der Waals surface area contributed by atoms with E-state index < -0.39 is 5.91 Å². The van der Waals surface area contributed by atoms with E-state index in [0.717, 1.165) is 6.42 Å². The zero-order valence-electron chi connectivity index (χ0n) is 7.35. The average molecular weight is 156 g/mol. The topological polar surface area (TPSA) is 69.1 Å². The molecule has 0 saturated carbocycles. The average Bonchev–Trinajstić information content (AvgIpc) is 1.80. The Morgan fingerprint density at radius 1 is 1.36 bits per heavy atom. The molecule has 1 amide bonds. The van der Waals surface area contributed by atoms with Crippen molar-refractivity contribution in [1.29, 1.82) is 0 Å². The Labute approximate surface area is 67.4 Å². The van der Waals surface area contributed by atoms with Gasteiger partial charge in [-0.3, -0.25) is 4.79 Å². The highest BCUT2D eigenvalue weighted by Gasteiger charge is 2.08. The minimum Gasteiger partial charge on any atom is -0.395 e. The molecular formula is C8H16N2O. The number of hydrogen-bond donors (Lipinski definition) is 2. The van der Waals surface area contributed by atoms with Crippen LogP contribution in [0.1, 0.15) is 27.2 Å². The van der Waals surface area contributed by atoms with Crippen molar-refractivity contribution in [2.45, 2.75) is 27.2 Å². The molecule has 3 nitrogen and oxygen atoms in total. The lowest BCUT2D eigenvalue weighted by Crippen LogP contribution is -2.20. The molecule has 0 radical (unpaired) electrons. The standard InChI is InChI=1S/C8H16N2O/c1-8(2,3)5-4-6(9)7(10)11/h4H,5,9H2,1-3H3,(H2,10,11)/b6-4-. The van der Waals surface area contributed by atoms with Crippen molar-refractivity contribution in [2.24, 2.45) is 16.9 Å². The first-order valence-electron chi connectivity index (χ1n) is 3.58. The van der Waals surface area contributed by atoms with Crippen LogP contribution < -0.4 is 11.5 Å². The van der Waals surface area contributed by atoms with E-state index in [1.807, 2.05) is 0 Å². The Morgan fingerprint density at radius 2 is 1.82 bits per heavy atom. The number of hydrogen-bond acceptors (Lipinski definition) is 2. The van der Waals surface area contributed by atoms with Crippen LogP contribution in [-0.2, 0) is 4.79 Å². The Kier molecular flexibility index (Phi) is 3.11. The second-order valence-corrected chi connectivity index (χ2v) is 3.79. The van der Waals surface area contributed by atoms with Crippen LogP contribution in [0, 0.1) is 5.41 Å². The number of carbonyl (C=O) groups is 1. The fraction of sp³-hybridized carbons (Fsp3) is 0.625. The summed E-state index contributed by atoms with van der Waals surface area (Å²) in [5.41, 5.74) is 10.5. The summed E-state index contributed by atoms with van der Waals surface area (Å²) < 4.78 is 0. The summed E-state index contributed by atoms with van der Waals surface area (Å²) in [5, 5.41) is 0. The van der Waals surface area contributed by atoms with Crippen LogP contribution in [0.3, 0.4) is 0 Å². The molecule has 0 aromatic carbocycles. The Morgan fingerprint density at radius 3 is 2.09 bits per heavy atom. The largest absolute Gasteiger partial charge is 0.395 e. The van der Waals surface area contributed by atoms with Gasteiger partial charge in [0.25, 0.3) is 5.91 Å². The van der Waals surface area contributed by atoms with Crippen LogP contribution in [0.2, 0.25) is 0 Å². The highest BCUT2D eigenvalue weighted by atomic mass is 16.1. The van der Waals surface area contributed by atoms with E-state index in [0.29, 0.717) is 0 Å². The van der Waals surface area contributed by atoms with Crippen molar-refractivity contribution in [3.05, 3.63) is 11.8 Å². The van der Waals surface area contributed by atoms with Gasteiger partial charge < -0.3 is 11.5 Å². The Bertz CT molecular complexity index is 177. The zero-order chi connectivity index (χ0) is 9.07. The SMILES string of the molecule is CC(C)(C)C/C=C(\N)C(N)=O. The molecule has 4 N–H and O–H groups in total. The maximum absolute atomic E-state index is 10.4. The first-order valence-corrected chi connectivity index (χ1v) is 3.58. The summed E-state index contributed by atoms with van der Waals surface area (Å²) in [5.74, 6) is -0.547. The van der Waals surface area contributed by atoms with Crippen LogP contribution in [-0.4, -0.2) is 5.91 Å². The second kappa shape index (κ2) is 3.42. The Balaban J connectivity index is 4.04. The van der Waals surface area contributed by atoms with Gasteiger partial charge in [0.15, 0.2) is 0 Å². The van der Waals surface area contributed by atoms with E-state index in [1.165, 1.54) is 0 Å². The van der Waals surface area contributed by atoms with Gasteiger partial charge in [-0.05, 0) is 11.8 Å². The lowest BCUT2D eigenvalue weighted by Gasteiger charge is -2.14. The smallest absolute Gasteiger partial charge is 0.264 e. The third-order valence-corrected chi connectivity index (χ3v) is 1.22. The van der Waals surface area contributed by atoms with Crippen molar-refractivity contribution in [3.63, 3.8) is 0 Å². The third-order valence-electron chi connectivity index (χ3n) is 1.22. The minimum atomic E-state index is -0.547. The first-order chi connectivity index (χ1) is 4.83. The molecule has 0 aromatic rings. The molecule has 0 atom stereocenters. The molecule has 64 valence electrons. The molecule has 3 heteroatoms. The maximum Gasteiger partial charge on any atom is 0.264 e. The van der Waals surface area contributed by atoms with Gasteiger partial charge in [-0.15, -0.1) is 0 Å². The normalized spacial score (nSPS) is 13.2. The summed E-state index contributed by atoms with van der Waals surface area (Å²) in [7, 11) is 0. The van der Waals surface area contributed by atoms with Gasteiger partial charge in [0.05, 0.1) is 5.70 Å². The third kappa shape index (κ3) is 5.45. The molecule has 0 unspecified atom stereocenters. The van der Waals surface area contributed by atoms with Crippen molar-refractivity contribution in [2.75, 3.05) is 0 Å². The molecule has 11 heavy (non-hydrogen) atoms. The minimum absolute atomic E-state index is 0.153. The predicted octanol–water partition coefficient (Wildman–Crippen LogP) is 0.751. The van der Waals surface area contributed by atoms with Gasteiger partial charge in [-0.25, -0.2) is 0 Å². The van der Waals surface area contributed by atoms with Gasteiger partial charge >= 0.3 is 0 Å². The van der Waals surface area contributed by atoms with E-state index >= 15 is 0 Å². The van der Waals surface area contributed by atoms with Crippen molar-refractivity contribution >= 4 is 5.91 Å². The van der Waals surface area contributed by atoms with E-state index in [2.05, 4.69) is 20.8 Å². The lowest BCUT2D eigenvalue weighted by molar-refractivity contribution is -0.114. The molecule has 0 aromatic heterocycles. The van der Waals surface area contributed by atoms with E-state index in [9.17, 15) is 4.79 Å². The molecule has 0 bridgehead atoms. The van der Waals surface area contributed by atoms with Crippen LogP contribution in [0.4, 0.5) is 0 Å². The van der Waals surface area contributed by atoms with Crippen molar-refractivity contribution in [3.8, 4) is 0 Å². The van der Waals surface area contributed by atoms with E-state index in [-0.39, 0.29) is 11.1 Å². The molecule has 0 rings (SSSR count). The molecule has 0 aliphatic rings. The summed E-state index contributed by atoms with van der Waals surface area (Å²) >= 11 is 0. The molecule has 0 fully saturated rings. The maximum atomic E-state index is 10.4. The fourth-order valence-electron chi connectivity index (χ4n) is 0.517. The van der Waals surface area contributed by atoms with E-state index in [1.54, 1.807) is 6.08 Å². The van der Waals surface area contributed by atoms with Crippen molar-refractivity contribution < 1.29 is 4.79 Å². The number of amides is 1. The number of allylic oxidation sites excluding steroid dienone is 1. The second-order valence-electron chi connectivity index (χ2n) is 3.79. The van der Waals surface area contributed by atoms with Crippen LogP contribution >= 0.6 is 0 Å². The molecule has 0 aliphatic carbocycles. The Hall–Kier alpha value is -0.990. The van der Waals surface area contributed by atoms with Crippen molar-refractivity contribution in [1.82, 2.24) is 0 Å². The lowest BCUT2D eigenvalue weighted by atomic mass is 9.92. The number of rotatable bonds is 2. The van der Waals surface area contributed by atoms with Gasteiger partial charge in [0, 0.05) is 0 Å². The summed E-state index contributed by atoms with van der Waals surface area (Å²) in [4.78, 5) is 10.4. The van der Waals surface area contributed by atoms with Gasteiger partial charge in [0.1, 0.15) is 0 Å². The van der Waals surface area contributed by atoms with Crippen LogP contribution in [0.15, 0.2) is 11.8 Å². The summed E-state index contributed by atoms with van der Waals surface area (Å²) in [6.45, 7) is 6.20. The first kappa shape index (κ1) is 10.0. The molecule has 0 aliphatic heterocycles. The van der Waals surface area contributed by atoms with Crippen LogP contribution in [0.5, 0.6) is 0 Å². The fourth-order valence-corrected chi connectivity index (χ4v) is 0.517. The summed E-state index contributed by atoms with van der Waals surface area (Å²) in [6.07, 6.45) is 2.43. The van der Waals surface area contributed by atoms with Crippen LogP contribution in [0.25, 0.3) is 0 Å². The number of carbonyl (C=O) groups excluding carboxylic acids is 1.